The number of carboxylic acid groups (broad SMARTS) is 1. The van der Waals surface area contributed by atoms with E-state index < -0.39 is 66.6 Å². The van der Waals surface area contributed by atoms with Gasteiger partial charge in [-0.3, -0.25) is 24.0 Å². The van der Waals surface area contributed by atoms with Gasteiger partial charge in [0.2, 0.25) is 29.5 Å². The summed E-state index contributed by atoms with van der Waals surface area (Å²) in [6.45, 7) is 3.05. The van der Waals surface area contributed by atoms with E-state index in [1.807, 2.05) is 0 Å². The molecule has 0 radical (unpaired) electrons. The first-order valence-electron chi connectivity index (χ1n) is 9.25. The van der Waals surface area contributed by atoms with E-state index in [9.17, 15) is 28.8 Å². The normalized spacial score (nSPS) is 13.6. The molecule has 0 rings (SSSR count). The SMILES string of the molecule is CC(C)CC(NC(=O)C(N)CC(N)=O)C(=O)NCC(=O)NC(CCC(N)=O)C(=O)O. The predicted octanol–water partition coefficient (Wildman–Crippen LogP) is -3.33. The van der Waals surface area contributed by atoms with Crippen molar-refractivity contribution in [3.05, 3.63) is 0 Å². The average molecular weight is 430 g/mol. The Morgan fingerprint density at radius 2 is 1.50 bits per heavy atom. The van der Waals surface area contributed by atoms with Crippen LogP contribution in [0, 0.1) is 5.92 Å². The minimum absolute atomic E-state index is 0.00701. The summed E-state index contributed by atoms with van der Waals surface area (Å²) in [5.74, 6) is -5.11. The maximum atomic E-state index is 12.4. The minimum atomic E-state index is -1.36. The van der Waals surface area contributed by atoms with Crippen LogP contribution in [0.1, 0.15) is 39.5 Å². The first-order chi connectivity index (χ1) is 13.8. The van der Waals surface area contributed by atoms with Crippen molar-refractivity contribution in [2.75, 3.05) is 6.54 Å². The third-order valence-electron chi connectivity index (χ3n) is 3.83. The first-order valence-corrected chi connectivity index (χ1v) is 9.25. The van der Waals surface area contributed by atoms with Crippen LogP contribution >= 0.6 is 0 Å². The number of aliphatic carboxylic acids is 1. The Morgan fingerprint density at radius 3 is 1.97 bits per heavy atom. The lowest BCUT2D eigenvalue weighted by Crippen LogP contribution is -2.54. The van der Waals surface area contributed by atoms with Gasteiger partial charge < -0.3 is 38.3 Å². The molecule has 0 aliphatic rings. The third kappa shape index (κ3) is 11.6. The monoisotopic (exact) mass is 430 g/mol. The number of nitrogens with one attached hydrogen (secondary N) is 3. The molecule has 13 heteroatoms. The summed E-state index contributed by atoms with van der Waals surface area (Å²) in [5, 5.41) is 15.9. The molecule has 3 unspecified atom stereocenters. The van der Waals surface area contributed by atoms with E-state index in [1.165, 1.54) is 0 Å². The lowest BCUT2D eigenvalue weighted by atomic mass is 10.0. The molecular weight excluding hydrogens is 400 g/mol. The molecule has 0 aliphatic heterocycles. The van der Waals surface area contributed by atoms with Gasteiger partial charge in [0.25, 0.3) is 0 Å². The van der Waals surface area contributed by atoms with Crippen LogP contribution in [0.25, 0.3) is 0 Å². The van der Waals surface area contributed by atoms with Crippen molar-refractivity contribution in [1.82, 2.24) is 16.0 Å². The van der Waals surface area contributed by atoms with Gasteiger partial charge in [0.05, 0.1) is 19.0 Å². The van der Waals surface area contributed by atoms with Gasteiger partial charge in [-0.1, -0.05) is 13.8 Å². The zero-order valence-corrected chi connectivity index (χ0v) is 17.0. The molecule has 0 saturated heterocycles. The highest BCUT2D eigenvalue weighted by Gasteiger charge is 2.26. The number of carbonyl (C=O) groups excluding carboxylic acids is 5. The molecule has 0 heterocycles. The summed E-state index contributed by atoms with van der Waals surface area (Å²) in [4.78, 5) is 69.2. The number of carboxylic acids is 1. The summed E-state index contributed by atoms with van der Waals surface area (Å²) >= 11 is 0. The zero-order valence-electron chi connectivity index (χ0n) is 17.0. The largest absolute Gasteiger partial charge is 0.480 e. The van der Waals surface area contributed by atoms with Gasteiger partial charge in [0.1, 0.15) is 12.1 Å². The van der Waals surface area contributed by atoms with Gasteiger partial charge in [0.15, 0.2) is 0 Å². The van der Waals surface area contributed by atoms with Crippen LogP contribution in [0.4, 0.5) is 0 Å². The van der Waals surface area contributed by atoms with Gasteiger partial charge in [-0.2, -0.15) is 0 Å². The Hall–Kier alpha value is -3.22. The molecule has 0 aliphatic carbocycles. The highest BCUT2D eigenvalue weighted by atomic mass is 16.4. The average Bonchev–Trinajstić information content (AvgIpc) is 2.60. The number of amides is 5. The highest BCUT2D eigenvalue weighted by Crippen LogP contribution is 2.06. The van der Waals surface area contributed by atoms with Crippen molar-refractivity contribution in [3.8, 4) is 0 Å². The Kier molecular flexibility index (Phi) is 11.7. The zero-order chi connectivity index (χ0) is 23.4. The van der Waals surface area contributed by atoms with Crippen LogP contribution in [0.15, 0.2) is 0 Å². The molecule has 13 nitrogen and oxygen atoms in total. The molecule has 0 aromatic heterocycles. The summed E-state index contributed by atoms with van der Waals surface area (Å²) in [6.07, 6.45) is -0.614. The van der Waals surface area contributed by atoms with E-state index >= 15 is 0 Å². The predicted molar refractivity (Wildman–Crippen MR) is 104 cm³/mol. The Bertz CT molecular complexity index is 667. The standard InChI is InChI=1S/C17H30N6O7/c1-8(2)5-11(23-15(27)9(18)6-13(20)25)16(28)21-7-14(26)22-10(17(29)30)3-4-12(19)24/h8-11H,3-7,18H2,1-2H3,(H2,19,24)(H2,20,25)(H,21,28)(H,22,26)(H,23,27)(H,29,30). The third-order valence-corrected chi connectivity index (χ3v) is 3.83. The van der Waals surface area contributed by atoms with Gasteiger partial charge >= 0.3 is 5.97 Å². The van der Waals surface area contributed by atoms with Crippen LogP contribution in [-0.4, -0.2) is 65.3 Å². The Morgan fingerprint density at radius 1 is 0.900 bits per heavy atom. The molecule has 0 spiro atoms. The number of hydrogen-bond acceptors (Lipinski definition) is 7. The molecule has 0 aromatic rings. The molecule has 170 valence electrons. The summed E-state index contributed by atoms with van der Waals surface area (Å²) in [6, 6.07) is -3.61. The maximum absolute atomic E-state index is 12.4. The molecule has 0 fully saturated rings. The van der Waals surface area contributed by atoms with E-state index in [-0.39, 0.29) is 25.2 Å². The smallest absolute Gasteiger partial charge is 0.326 e. The van der Waals surface area contributed by atoms with Crippen molar-refractivity contribution >= 4 is 35.5 Å². The minimum Gasteiger partial charge on any atom is -0.480 e. The van der Waals surface area contributed by atoms with Crippen molar-refractivity contribution < 1.29 is 33.9 Å². The fourth-order valence-electron chi connectivity index (χ4n) is 2.37. The molecule has 10 N–H and O–H groups in total. The lowest BCUT2D eigenvalue weighted by molar-refractivity contribution is -0.142. The van der Waals surface area contributed by atoms with Crippen LogP contribution in [0.5, 0.6) is 0 Å². The van der Waals surface area contributed by atoms with Crippen molar-refractivity contribution in [3.63, 3.8) is 0 Å². The van der Waals surface area contributed by atoms with Gasteiger partial charge in [-0.15, -0.1) is 0 Å². The fraction of sp³-hybridized carbons (Fsp3) is 0.647. The number of nitrogens with two attached hydrogens (primary N) is 3. The first kappa shape index (κ1) is 26.8. The van der Waals surface area contributed by atoms with Crippen LogP contribution in [0.3, 0.4) is 0 Å². The number of hydrogen-bond donors (Lipinski definition) is 7. The van der Waals surface area contributed by atoms with Gasteiger partial charge in [-0.05, 0) is 18.8 Å². The van der Waals surface area contributed by atoms with Gasteiger partial charge in [-0.25, -0.2) is 4.79 Å². The number of carbonyl (C=O) groups is 6. The Labute approximate surface area is 173 Å². The van der Waals surface area contributed by atoms with Crippen LogP contribution in [0.2, 0.25) is 0 Å². The number of primary amides is 2. The van der Waals surface area contributed by atoms with Crippen molar-refractivity contribution in [1.29, 1.82) is 0 Å². The van der Waals surface area contributed by atoms with E-state index in [0.29, 0.717) is 0 Å². The van der Waals surface area contributed by atoms with E-state index in [0.717, 1.165) is 0 Å². The molecule has 3 atom stereocenters. The molecule has 0 aromatic carbocycles. The van der Waals surface area contributed by atoms with Crippen molar-refractivity contribution in [2.24, 2.45) is 23.1 Å². The maximum Gasteiger partial charge on any atom is 0.326 e. The van der Waals surface area contributed by atoms with E-state index in [2.05, 4.69) is 16.0 Å². The van der Waals surface area contributed by atoms with E-state index in [1.54, 1.807) is 13.8 Å². The van der Waals surface area contributed by atoms with Crippen LogP contribution < -0.4 is 33.2 Å². The van der Waals surface area contributed by atoms with Gasteiger partial charge in [0, 0.05) is 6.42 Å². The van der Waals surface area contributed by atoms with Crippen molar-refractivity contribution in [2.45, 2.75) is 57.7 Å². The quantitative estimate of drug-likeness (QED) is 0.147. The second-order valence-electron chi connectivity index (χ2n) is 7.15. The van der Waals surface area contributed by atoms with E-state index in [4.69, 9.17) is 22.3 Å². The lowest BCUT2D eigenvalue weighted by Gasteiger charge is -2.22. The fourth-order valence-corrected chi connectivity index (χ4v) is 2.37. The number of rotatable bonds is 14. The summed E-state index contributed by atoms with van der Waals surface area (Å²) in [5.41, 5.74) is 15.5. The molecule has 5 amide bonds. The second kappa shape index (κ2) is 13.1. The molecule has 0 saturated carbocycles. The second-order valence-corrected chi connectivity index (χ2v) is 7.15. The highest BCUT2D eigenvalue weighted by molar-refractivity contribution is 5.93. The molecule has 0 bridgehead atoms. The summed E-state index contributed by atoms with van der Waals surface area (Å²) in [7, 11) is 0. The molecular formula is C17H30N6O7. The Balaban J connectivity index is 4.85. The topological polar surface area (TPSA) is 237 Å². The summed E-state index contributed by atoms with van der Waals surface area (Å²) < 4.78 is 0. The van der Waals surface area contributed by atoms with Crippen LogP contribution in [-0.2, 0) is 28.8 Å². The molecule has 30 heavy (non-hydrogen) atoms.